The Kier molecular flexibility index (Phi) is 6.52. The lowest BCUT2D eigenvalue weighted by Crippen LogP contribution is -2.33. The number of carbonyl (C=O) groups excluding carboxylic acids is 1. The maximum atomic E-state index is 11.5. The number of nitrogens with two attached hydrogens (primary N) is 1. The summed E-state index contributed by atoms with van der Waals surface area (Å²) in [5.74, 6) is 0. The SMILES string of the molecule is CC(C)(C)OC(=O)NCCc1cccc(CCCN)c1. The lowest BCUT2D eigenvalue weighted by molar-refractivity contribution is 0.0528. The van der Waals surface area contributed by atoms with E-state index in [-0.39, 0.29) is 6.09 Å². The van der Waals surface area contributed by atoms with E-state index in [9.17, 15) is 4.79 Å². The Balaban J connectivity index is 2.36. The van der Waals surface area contributed by atoms with Crippen molar-refractivity contribution in [1.82, 2.24) is 5.32 Å². The maximum absolute atomic E-state index is 11.5. The Labute approximate surface area is 121 Å². The summed E-state index contributed by atoms with van der Waals surface area (Å²) < 4.78 is 5.19. The monoisotopic (exact) mass is 278 g/mol. The molecule has 0 unspecified atom stereocenters. The van der Waals surface area contributed by atoms with Gasteiger partial charge in [-0.1, -0.05) is 24.3 Å². The lowest BCUT2D eigenvalue weighted by Gasteiger charge is -2.19. The van der Waals surface area contributed by atoms with Gasteiger partial charge in [-0.15, -0.1) is 0 Å². The first-order valence-corrected chi connectivity index (χ1v) is 7.15. The summed E-state index contributed by atoms with van der Waals surface area (Å²) >= 11 is 0. The highest BCUT2D eigenvalue weighted by Crippen LogP contribution is 2.09. The number of alkyl carbamates (subject to hydrolysis) is 1. The second-order valence-corrected chi connectivity index (χ2v) is 5.89. The molecule has 1 rings (SSSR count). The van der Waals surface area contributed by atoms with Gasteiger partial charge in [-0.25, -0.2) is 4.79 Å². The number of rotatable bonds is 6. The average molecular weight is 278 g/mol. The van der Waals surface area contributed by atoms with Gasteiger partial charge in [-0.3, -0.25) is 0 Å². The minimum atomic E-state index is -0.452. The van der Waals surface area contributed by atoms with Crippen LogP contribution in [0.1, 0.15) is 38.3 Å². The van der Waals surface area contributed by atoms with Gasteiger partial charge in [0.25, 0.3) is 0 Å². The van der Waals surface area contributed by atoms with Gasteiger partial charge in [0.2, 0.25) is 0 Å². The van der Waals surface area contributed by atoms with Crippen LogP contribution in [0.25, 0.3) is 0 Å². The van der Waals surface area contributed by atoms with Crippen molar-refractivity contribution in [1.29, 1.82) is 0 Å². The molecule has 0 heterocycles. The Morgan fingerprint density at radius 1 is 1.25 bits per heavy atom. The molecule has 0 aliphatic rings. The standard InChI is InChI=1S/C16H26N2O2/c1-16(2,3)20-15(19)18-11-9-14-7-4-6-13(12-14)8-5-10-17/h4,6-7,12H,5,8-11,17H2,1-3H3,(H,18,19). The maximum Gasteiger partial charge on any atom is 0.407 e. The smallest absolute Gasteiger partial charge is 0.407 e. The molecule has 1 aromatic rings. The van der Waals surface area contributed by atoms with Crippen LogP contribution in [0.2, 0.25) is 0 Å². The minimum absolute atomic E-state index is 0.364. The highest BCUT2D eigenvalue weighted by Gasteiger charge is 2.15. The minimum Gasteiger partial charge on any atom is -0.444 e. The van der Waals surface area contributed by atoms with Crippen molar-refractivity contribution < 1.29 is 9.53 Å². The number of aryl methyl sites for hydroxylation is 1. The molecule has 4 heteroatoms. The van der Waals surface area contributed by atoms with Gasteiger partial charge in [0.05, 0.1) is 0 Å². The van der Waals surface area contributed by atoms with Gasteiger partial charge in [0.1, 0.15) is 5.60 Å². The van der Waals surface area contributed by atoms with Crippen LogP contribution in [0.15, 0.2) is 24.3 Å². The van der Waals surface area contributed by atoms with Crippen LogP contribution in [0.3, 0.4) is 0 Å². The summed E-state index contributed by atoms with van der Waals surface area (Å²) in [4.78, 5) is 11.5. The second-order valence-electron chi connectivity index (χ2n) is 5.89. The molecule has 0 aromatic heterocycles. The largest absolute Gasteiger partial charge is 0.444 e. The van der Waals surface area contributed by atoms with Crippen molar-refractivity contribution in [3.63, 3.8) is 0 Å². The van der Waals surface area contributed by atoms with Crippen molar-refractivity contribution in [2.45, 2.75) is 45.6 Å². The van der Waals surface area contributed by atoms with E-state index in [1.807, 2.05) is 20.8 Å². The van der Waals surface area contributed by atoms with Gasteiger partial charge < -0.3 is 15.8 Å². The molecule has 1 aromatic carbocycles. The van der Waals surface area contributed by atoms with Crippen molar-refractivity contribution in [2.24, 2.45) is 5.73 Å². The molecule has 0 radical (unpaired) electrons. The quantitative estimate of drug-likeness (QED) is 0.840. The molecule has 0 saturated heterocycles. The predicted octanol–water partition coefficient (Wildman–Crippen LogP) is 2.65. The number of ether oxygens (including phenoxy) is 1. The Morgan fingerprint density at radius 3 is 2.50 bits per heavy atom. The fraction of sp³-hybridized carbons (Fsp3) is 0.562. The molecule has 20 heavy (non-hydrogen) atoms. The summed E-state index contributed by atoms with van der Waals surface area (Å²) in [5, 5.41) is 2.77. The van der Waals surface area contributed by atoms with Crippen LogP contribution in [0.4, 0.5) is 4.79 Å². The number of amides is 1. The summed E-state index contributed by atoms with van der Waals surface area (Å²) in [5.41, 5.74) is 7.58. The zero-order valence-electron chi connectivity index (χ0n) is 12.7. The predicted molar refractivity (Wildman–Crippen MR) is 81.8 cm³/mol. The molecule has 0 atom stereocenters. The number of benzene rings is 1. The van der Waals surface area contributed by atoms with Gasteiger partial charge in [-0.05, 0) is 57.7 Å². The van der Waals surface area contributed by atoms with E-state index < -0.39 is 5.60 Å². The summed E-state index contributed by atoms with van der Waals surface area (Å²) in [6, 6.07) is 8.41. The van der Waals surface area contributed by atoms with E-state index in [0.29, 0.717) is 13.1 Å². The van der Waals surface area contributed by atoms with Gasteiger partial charge in [-0.2, -0.15) is 0 Å². The van der Waals surface area contributed by atoms with E-state index in [4.69, 9.17) is 10.5 Å². The molecule has 0 spiro atoms. The van der Waals surface area contributed by atoms with Crippen LogP contribution < -0.4 is 11.1 Å². The molecular weight excluding hydrogens is 252 g/mol. The highest BCUT2D eigenvalue weighted by molar-refractivity contribution is 5.67. The third-order valence-electron chi connectivity index (χ3n) is 2.74. The first-order chi connectivity index (χ1) is 9.40. The van der Waals surface area contributed by atoms with Crippen molar-refractivity contribution in [3.8, 4) is 0 Å². The Bertz CT molecular complexity index is 425. The van der Waals surface area contributed by atoms with Gasteiger partial charge in [0.15, 0.2) is 0 Å². The third kappa shape index (κ3) is 7.14. The second kappa shape index (κ2) is 7.90. The summed E-state index contributed by atoms with van der Waals surface area (Å²) in [6.07, 6.45) is 2.44. The van der Waals surface area contributed by atoms with E-state index in [1.54, 1.807) is 0 Å². The van der Waals surface area contributed by atoms with E-state index >= 15 is 0 Å². The van der Waals surface area contributed by atoms with Crippen molar-refractivity contribution >= 4 is 6.09 Å². The van der Waals surface area contributed by atoms with Gasteiger partial charge in [0, 0.05) is 6.54 Å². The highest BCUT2D eigenvalue weighted by atomic mass is 16.6. The fourth-order valence-corrected chi connectivity index (χ4v) is 1.87. The van der Waals surface area contributed by atoms with E-state index in [1.165, 1.54) is 11.1 Å². The number of hydrogen-bond acceptors (Lipinski definition) is 3. The lowest BCUT2D eigenvalue weighted by atomic mass is 10.0. The molecule has 4 nitrogen and oxygen atoms in total. The van der Waals surface area contributed by atoms with E-state index in [2.05, 4.69) is 29.6 Å². The molecule has 112 valence electrons. The molecule has 0 fully saturated rings. The molecule has 0 aliphatic carbocycles. The average Bonchev–Trinajstić information content (AvgIpc) is 2.34. The summed E-state index contributed by atoms with van der Waals surface area (Å²) in [6.45, 7) is 6.86. The molecule has 3 N–H and O–H groups in total. The third-order valence-corrected chi connectivity index (χ3v) is 2.74. The number of carbonyl (C=O) groups is 1. The zero-order chi connectivity index (χ0) is 15.0. The molecular formula is C16H26N2O2. The topological polar surface area (TPSA) is 64.3 Å². The molecule has 1 amide bonds. The number of nitrogens with one attached hydrogen (secondary N) is 1. The van der Waals surface area contributed by atoms with Crippen LogP contribution in [0.5, 0.6) is 0 Å². The van der Waals surface area contributed by atoms with E-state index in [0.717, 1.165) is 19.3 Å². The molecule has 0 bridgehead atoms. The van der Waals surface area contributed by atoms with Crippen LogP contribution >= 0.6 is 0 Å². The zero-order valence-corrected chi connectivity index (χ0v) is 12.7. The molecule has 0 aliphatic heterocycles. The normalized spacial score (nSPS) is 11.2. The molecule has 0 saturated carbocycles. The Hall–Kier alpha value is -1.55. The number of hydrogen-bond donors (Lipinski definition) is 2. The summed E-state index contributed by atoms with van der Waals surface area (Å²) in [7, 11) is 0. The van der Waals surface area contributed by atoms with Gasteiger partial charge >= 0.3 is 6.09 Å². The van der Waals surface area contributed by atoms with Crippen LogP contribution in [-0.4, -0.2) is 24.8 Å². The first kappa shape index (κ1) is 16.5. The fourth-order valence-electron chi connectivity index (χ4n) is 1.87. The first-order valence-electron chi connectivity index (χ1n) is 7.15. The van der Waals surface area contributed by atoms with Crippen molar-refractivity contribution in [3.05, 3.63) is 35.4 Å². The Morgan fingerprint density at radius 2 is 1.90 bits per heavy atom. The van der Waals surface area contributed by atoms with Crippen molar-refractivity contribution in [2.75, 3.05) is 13.1 Å². The van der Waals surface area contributed by atoms with Crippen LogP contribution in [-0.2, 0) is 17.6 Å². The van der Waals surface area contributed by atoms with Crippen LogP contribution in [0, 0.1) is 0 Å².